The molecule has 1 N–H and O–H groups in total. The second-order valence-electron chi connectivity index (χ2n) is 4.97. The van der Waals surface area contributed by atoms with E-state index in [-0.39, 0.29) is 0 Å². The van der Waals surface area contributed by atoms with Crippen LogP contribution in [0.25, 0.3) is 0 Å². The van der Waals surface area contributed by atoms with Gasteiger partial charge in [-0.2, -0.15) is 0 Å². The van der Waals surface area contributed by atoms with Gasteiger partial charge in [0.15, 0.2) is 0 Å². The first-order valence-electron chi connectivity index (χ1n) is 6.64. The molecule has 0 saturated carbocycles. The molecule has 17 heavy (non-hydrogen) atoms. The Labute approximate surface area is 108 Å². The summed E-state index contributed by atoms with van der Waals surface area (Å²) < 4.78 is 0. The van der Waals surface area contributed by atoms with E-state index in [2.05, 4.69) is 34.4 Å². The van der Waals surface area contributed by atoms with Crippen LogP contribution in [0.3, 0.4) is 0 Å². The summed E-state index contributed by atoms with van der Waals surface area (Å²) in [6.07, 6.45) is 3.77. The molecular weight excluding hydrogens is 230 g/mol. The average molecular weight is 253 g/mol. The van der Waals surface area contributed by atoms with E-state index in [1.54, 1.807) is 11.3 Å². The van der Waals surface area contributed by atoms with Crippen LogP contribution in [0.1, 0.15) is 38.8 Å². The van der Waals surface area contributed by atoms with Crippen LogP contribution in [0.2, 0.25) is 0 Å². The normalized spacial score (nSPS) is 26.2. The number of rotatable bonds is 5. The molecule has 1 aromatic rings. The van der Waals surface area contributed by atoms with E-state index in [1.807, 2.05) is 5.51 Å². The predicted octanol–water partition coefficient (Wildman–Crippen LogP) is 2.50. The summed E-state index contributed by atoms with van der Waals surface area (Å²) in [4.78, 5) is 6.93. The standard InChI is InChI=1S/C13H23N3S/c1-3-5-14-12-4-6-16(11(2)7-12)8-13-9-17-10-15-13/h9-12,14H,3-8H2,1-2H3. The third kappa shape index (κ3) is 3.76. The maximum atomic E-state index is 4.37. The molecule has 2 rings (SSSR count). The molecule has 1 aromatic heterocycles. The van der Waals surface area contributed by atoms with Gasteiger partial charge in [0.25, 0.3) is 0 Å². The molecule has 2 atom stereocenters. The first kappa shape index (κ1) is 13.0. The zero-order chi connectivity index (χ0) is 12.1. The van der Waals surface area contributed by atoms with Gasteiger partial charge < -0.3 is 5.32 Å². The Morgan fingerprint density at radius 2 is 2.47 bits per heavy atom. The van der Waals surface area contributed by atoms with Crippen molar-refractivity contribution in [3.05, 3.63) is 16.6 Å². The van der Waals surface area contributed by atoms with Gasteiger partial charge in [0, 0.05) is 30.6 Å². The Hall–Kier alpha value is -0.450. The molecule has 1 aliphatic heterocycles. The van der Waals surface area contributed by atoms with Gasteiger partial charge in [0.1, 0.15) is 0 Å². The molecule has 4 heteroatoms. The monoisotopic (exact) mass is 253 g/mol. The van der Waals surface area contributed by atoms with Crippen LogP contribution in [0.15, 0.2) is 10.9 Å². The molecule has 2 unspecified atom stereocenters. The Bertz CT molecular complexity index is 312. The molecule has 1 aliphatic rings. The topological polar surface area (TPSA) is 28.2 Å². The first-order valence-corrected chi connectivity index (χ1v) is 7.58. The fraction of sp³-hybridized carbons (Fsp3) is 0.769. The minimum Gasteiger partial charge on any atom is -0.314 e. The van der Waals surface area contributed by atoms with E-state index in [0.717, 1.165) is 19.1 Å². The third-order valence-corrected chi connectivity index (χ3v) is 4.18. The summed E-state index contributed by atoms with van der Waals surface area (Å²) in [5.41, 5.74) is 3.15. The number of likely N-dealkylation sites (tertiary alicyclic amines) is 1. The number of hydrogen-bond donors (Lipinski definition) is 1. The van der Waals surface area contributed by atoms with Crippen LogP contribution in [-0.2, 0) is 6.54 Å². The van der Waals surface area contributed by atoms with Crippen molar-refractivity contribution in [3.8, 4) is 0 Å². The fourth-order valence-corrected chi connectivity index (χ4v) is 3.06. The van der Waals surface area contributed by atoms with E-state index in [0.29, 0.717) is 6.04 Å². The van der Waals surface area contributed by atoms with Crippen molar-refractivity contribution in [2.75, 3.05) is 13.1 Å². The van der Waals surface area contributed by atoms with Crippen molar-refractivity contribution in [1.82, 2.24) is 15.2 Å². The number of nitrogens with zero attached hydrogens (tertiary/aromatic N) is 2. The average Bonchev–Trinajstić information content (AvgIpc) is 2.82. The van der Waals surface area contributed by atoms with Crippen LogP contribution in [0.5, 0.6) is 0 Å². The summed E-state index contributed by atoms with van der Waals surface area (Å²) in [6, 6.07) is 1.39. The molecule has 3 nitrogen and oxygen atoms in total. The van der Waals surface area contributed by atoms with Crippen molar-refractivity contribution < 1.29 is 0 Å². The third-order valence-electron chi connectivity index (χ3n) is 3.55. The van der Waals surface area contributed by atoms with Gasteiger partial charge in [-0.25, -0.2) is 4.98 Å². The lowest BCUT2D eigenvalue weighted by Crippen LogP contribution is -2.47. The fourth-order valence-electron chi connectivity index (χ4n) is 2.51. The highest BCUT2D eigenvalue weighted by Crippen LogP contribution is 2.19. The molecule has 96 valence electrons. The largest absolute Gasteiger partial charge is 0.314 e. The van der Waals surface area contributed by atoms with E-state index >= 15 is 0 Å². The summed E-state index contributed by atoms with van der Waals surface area (Å²) >= 11 is 1.69. The number of thiazole rings is 1. The van der Waals surface area contributed by atoms with Gasteiger partial charge in [0.05, 0.1) is 11.2 Å². The predicted molar refractivity (Wildman–Crippen MR) is 73.3 cm³/mol. The van der Waals surface area contributed by atoms with Gasteiger partial charge in [-0.05, 0) is 32.7 Å². The van der Waals surface area contributed by atoms with Crippen LogP contribution >= 0.6 is 11.3 Å². The van der Waals surface area contributed by atoms with Gasteiger partial charge in [-0.3, -0.25) is 4.90 Å². The van der Waals surface area contributed by atoms with Gasteiger partial charge >= 0.3 is 0 Å². The highest BCUT2D eigenvalue weighted by molar-refractivity contribution is 7.07. The highest BCUT2D eigenvalue weighted by Gasteiger charge is 2.25. The second kappa shape index (κ2) is 6.47. The van der Waals surface area contributed by atoms with Crippen LogP contribution in [0.4, 0.5) is 0 Å². The smallest absolute Gasteiger partial charge is 0.0795 e. The lowest BCUT2D eigenvalue weighted by Gasteiger charge is -2.37. The molecule has 0 bridgehead atoms. The molecule has 0 aliphatic carbocycles. The zero-order valence-electron chi connectivity index (χ0n) is 10.9. The van der Waals surface area contributed by atoms with E-state index in [1.165, 1.54) is 31.5 Å². The van der Waals surface area contributed by atoms with Gasteiger partial charge in [0.2, 0.25) is 0 Å². The molecule has 1 fully saturated rings. The number of nitrogens with one attached hydrogen (secondary N) is 1. The summed E-state index contributed by atoms with van der Waals surface area (Å²) in [7, 11) is 0. The number of piperidine rings is 1. The van der Waals surface area contributed by atoms with Crippen molar-refractivity contribution in [2.45, 2.75) is 51.7 Å². The van der Waals surface area contributed by atoms with Crippen molar-refractivity contribution in [3.63, 3.8) is 0 Å². The summed E-state index contributed by atoms with van der Waals surface area (Å²) in [6.45, 7) is 7.94. The number of aromatic nitrogens is 1. The highest BCUT2D eigenvalue weighted by atomic mass is 32.1. The molecule has 0 radical (unpaired) electrons. The Morgan fingerprint density at radius 3 is 3.12 bits per heavy atom. The molecular formula is C13H23N3S. The molecule has 1 saturated heterocycles. The first-order chi connectivity index (χ1) is 8.29. The quantitative estimate of drug-likeness (QED) is 0.874. The SMILES string of the molecule is CCCNC1CCN(Cc2cscn2)C(C)C1. The minimum absolute atomic E-state index is 0.666. The minimum atomic E-state index is 0.666. The maximum Gasteiger partial charge on any atom is 0.0795 e. The van der Waals surface area contributed by atoms with Gasteiger partial charge in [-0.15, -0.1) is 11.3 Å². The zero-order valence-corrected chi connectivity index (χ0v) is 11.7. The Morgan fingerprint density at radius 1 is 1.59 bits per heavy atom. The van der Waals surface area contributed by atoms with Crippen molar-refractivity contribution >= 4 is 11.3 Å². The van der Waals surface area contributed by atoms with Gasteiger partial charge in [-0.1, -0.05) is 6.92 Å². The summed E-state index contributed by atoms with van der Waals surface area (Å²) in [5.74, 6) is 0. The van der Waals surface area contributed by atoms with Crippen LogP contribution in [-0.4, -0.2) is 35.1 Å². The maximum absolute atomic E-state index is 4.37. The molecule has 2 heterocycles. The Balaban J connectivity index is 1.79. The van der Waals surface area contributed by atoms with Crippen LogP contribution in [0, 0.1) is 0 Å². The Kier molecular flexibility index (Phi) is 4.95. The van der Waals surface area contributed by atoms with E-state index < -0.39 is 0 Å². The molecule has 0 aromatic carbocycles. The van der Waals surface area contributed by atoms with E-state index in [4.69, 9.17) is 0 Å². The van der Waals surface area contributed by atoms with Crippen LogP contribution < -0.4 is 5.32 Å². The lowest BCUT2D eigenvalue weighted by molar-refractivity contribution is 0.127. The van der Waals surface area contributed by atoms with E-state index in [9.17, 15) is 0 Å². The van der Waals surface area contributed by atoms with Crippen molar-refractivity contribution in [2.24, 2.45) is 0 Å². The number of hydrogen-bond acceptors (Lipinski definition) is 4. The second-order valence-corrected chi connectivity index (χ2v) is 5.69. The van der Waals surface area contributed by atoms with Crippen molar-refractivity contribution in [1.29, 1.82) is 0 Å². The molecule has 0 spiro atoms. The lowest BCUT2D eigenvalue weighted by atomic mass is 9.98. The summed E-state index contributed by atoms with van der Waals surface area (Å²) in [5, 5.41) is 5.80. The molecule has 0 amide bonds.